The van der Waals surface area contributed by atoms with Crippen LogP contribution in [0.1, 0.15) is 23.2 Å². The minimum Gasteiger partial charge on any atom is -0.337 e. The van der Waals surface area contributed by atoms with E-state index in [9.17, 15) is 9.18 Å². The summed E-state index contributed by atoms with van der Waals surface area (Å²) >= 11 is 0. The monoisotopic (exact) mass is 223 g/mol. The molecular formula is C11H14FN3O. The summed E-state index contributed by atoms with van der Waals surface area (Å²) in [6.07, 6.45) is 4.26. The van der Waals surface area contributed by atoms with Crippen LogP contribution in [0.25, 0.3) is 0 Å². The topological polar surface area (TPSA) is 59.2 Å². The highest BCUT2D eigenvalue weighted by atomic mass is 19.1. The Morgan fingerprint density at radius 1 is 1.62 bits per heavy atom. The van der Waals surface area contributed by atoms with E-state index >= 15 is 0 Å². The van der Waals surface area contributed by atoms with Gasteiger partial charge in [0.15, 0.2) is 5.82 Å². The maximum Gasteiger partial charge on any atom is 0.256 e. The van der Waals surface area contributed by atoms with Crippen molar-refractivity contribution in [3.05, 3.63) is 29.8 Å². The Morgan fingerprint density at radius 2 is 2.44 bits per heavy atom. The number of likely N-dealkylation sites (tertiary alicyclic amines) is 1. The zero-order valence-corrected chi connectivity index (χ0v) is 8.90. The van der Waals surface area contributed by atoms with Crippen molar-refractivity contribution in [2.75, 3.05) is 13.1 Å². The van der Waals surface area contributed by atoms with Crippen LogP contribution in [-0.2, 0) is 0 Å². The summed E-state index contributed by atoms with van der Waals surface area (Å²) in [5.41, 5.74) is 5.85. The standard InChI is InChI=1S/C11H14FN3O/c12-10-6-14-4-3-9(10)11(16)15-5-1-2-8(13)7-15/h3-4,6,8H,1-2,5,7,13H2/t8-/m1/s1. The van der Waals surface area contributed by atoms with Gasteiger partial charge in [-0.05, 0) is 18.9 Å². The van der Waals surface area contributed by atoms with Gasteiger partial charge in [0.1, 0.15) is 0 Å². The van der Waals surface area contributed by atoms with Crippen LogP contribution in [0.3, 0.4) is 0 Å². The molecule has 0 aromatic carbocycles. The van der Waals surface area contributed by atoms with Crippen LogP contribution in [0.2, 0.25) is 0 Å². The van der Waals surface area contributed by atoms with Crippen molar-refractivity contribution < 1.29 is 9.18 Å². The number of hydrogen-bond donors (Lipinski definition) is 1. The molecule has 5 heteroatoms. The van der Waals surface area contributed by atoms with Crippen LogP contribution in [0.4, 0.5) is 4.39 Å². The number of aromatic nitrogens is 1. The number of piperidine rings is 1. The van der Waals surface area contributed by atoms with Gasteiger partial charge in [0, 0.05) is 25.3 Å². The molecule has 0 aliphatic carbocycles. The van der Waals surface area contributed by atoms with Crippen molar-refractivity contribution in [2.45, 2.75) is 18.9 Å². The highest BCUT2D eigenvalue weighted by Crippen LogP contribution is 2.14. The van der Waals surface area contributed by atoms with E-state index in [1.54, 1.807) is 4.90 Å². The van der Waals surface area contributed by atoms with Crippen LogP contribution < -0.4 is 5.73 Å². The van der Waals surface area contributed by atoms with Crippen molar-refractivity contribution in [3.8, 4) is 0 Å². The number of nitrogens with two attached hydrogens (primary N) is 1. The molecule has 0 unspecified atom stereocenters. The quantitative estimate of drug-likeness (QED) is 0.765. The molecular weight excluding hydrogens is 209 g/mol. The average Bonchev–Trinajstić information content (AvgIpc) is 2.29. The lowest BCUT2D eigenvalue weighted by Gasteiger charge is -2.30. The number of hydrogen-bond acceptors (Lipinski definition) is 3. The molecule has 1 aromatic rings. The van der Waals surface area contributed by atoms with Gasteiger partial charge >= 0.3 is 0 Å². The number of rotatable bonds is 1. The summed E-state index contributed by atoms with van der Waals surface area (Å²) in [5.74, 6) is -0.873. The first-order valence-corrected chi connectivity index (χ1v) is 5.33. The molecule has 1 aromatic heterocycles. The number of carbonyl (C=O) groups excluding carboxylic acids is 1. The van der Waals surface area contributed by atoms with E-state index < -0.39 is 5.82 Å². The van der Waals surface area contributed by atoms with E-state index in [1.807, 2.05) is 0 Å². The zero-order valence-electron chi connectivity index (χ0n) is 8.90. The Kier molecular flexibility index (Phi) is 3.14. The molecule has 86 valence electrons. The second-order valence-corrected chi connectivity index (χ2v) is 4.01. The molecule has 4 nitrogen and oxygen atoms in total. The van der Waals surface area contributed by atoms with Crippen LogP contribution in [0.15, 0.2) is 18.5 Å². The van der Waals surface area contributed by atoms with Gasteiger partial charge in [0.05, 0.1) is 11.8 Å². The minimum atomic E-state index is -0.577. The van der Waals surface area contributed by atoms with Crippen molar-refractivity contribution >= 4 is 5.91 Å². The lowest BCUT2D eigenvalue weighted by Crippen LogP contribution is -2.45. The highest BCUT2D eigenvalue weighted by molar-refractivity contribution is 5.94. The van der Waals surface area contributed by atoms with E-state index in [2.05, 4.69) is 4.98 Å². The van der Waals surface area contributed by atoms with E-state index in [-0.39, 0.29) is 17.5 Å². The maximum atomic E-state index is 13.4. The Morgan fingerprint density at radius 3 is 3.12 bits per heavy atom. The highest BCUT2D eigenvalue weighted by Gasteiger charge is 2.23. The normalized spacial score (nSPS) is 20.9. The Bertz CT molecular complexity index is 397. The molecule has 0 radical (unpaired) electrons. The number of nitrogens with zero attached hydrogens (tertiary/aromatic N) is 2. The first-order valence-electron chi connectivity index (χ1n) is 5.33. The van der Waals surface area contributed by atoms with Crippen LogP contribution in [0.5, 0.6) is 0 Å². The molecule has 1 aliphatic rings. The molecule has 2 heterocycles. The zero-order chi connectivity index (χ0) is 11.5. The molecule has 0 bridgehead atoms. The lowest BCUT2D eigenvalue weighted by atomic mass is 10.1. The molecule has 2 rings (SSSR count). The number of amides is 1. The maximum absolute atomic E-state index is 13.4. The van der Waals surface area contributed by atoms with Gasteiger partial charge in [-0.3, -0.25) is 9.78 Å². The Balaban J connectivity index is 2.16. The predicted molar refractivity (Wildman–Crippen MR) is 57.3 cm³/mol. The largest absolute Gasteiger partial charge is 0.337 e. The fourth-order valence-electron chi connectivity index (χ4n) is 1.91. The summed E-state index contributed by atoms with van der Waals surface area (Å²) < 4.78 is 13.4. The SMILES string of the molecule is N[C@@H]1CCCN(C(=O)c2ccncc2F)C1. The second kappa shape index (κ2) is 4.57. The summed E-state index contributed by atoms with van der Waals surface area (Å²) in [6, 6.07) is 1.40. The molecule has 0 spiro atoms. The second-order valence-electron chi connectivity index (χ2n) is 4.01. The fraction of sp³-hybridized carbons (Fsp3) is 0.455. The third-order valence-corrected chi connectivity index (χ3v) is 2.75. The molecule has 1 amide bonds. The van der Waals surface area contributed by atoms with Crippen LogP contribution in [0, 0.1) is 5.82 Å². The van der Waals surface area contributed by atoms with Crippen molar-refractivity contribution in [3.63, 3.8) is 0 Å². The molecule has 1 fully saturated rings. The first kappa shape index (κ1) is 11.0. The third-order valence-electron chi connectivity index (χ3n) is 2.75. The van der Waals surface area contributed by atoms with E-state index in [4.69, 9.17) is 5.73 Å². The molecule has 1 aliphatic heterocycles. The van der Waals surface area contributed by atoms with Crippen molar-refractivity contribution in [1.82, 2.24) is 9.88 Å². The van der Waals surface area contributed by atoms with E-state index in [1.165, 1.54) is 12.3 Å². The third kappa shape index (κ3) is 2.19. The Labute approximate surface area is 93.3 Å². The minimum absolute atomic E-state index is 0.00241. The molecule has 1 atom stereocenters. The van der Waals surface area contributed by atoms with Gasteiger partial charge in [-0.15, -0.1) is 0 Å². The van der Waals surface area contributed by atoms with Crippen LogP contribution in [-0.4, -0.2) is 34.9 Å². The van der Waals surface area contributed by atoms with Gasteiger partial charge in [0.2, 0.25) is 0 Å². The molecule has 16 heavy (non-hydrogen) atoms. The number of pyridine rings is 1. The van der Waals surface area contributed by atoms with Gasteiger partial charge in [-0.25, -0.2) is 4.39 Å². The Hall–Kier alpha value is -1.49. The van der Waals surface area contributed by atoms with E-state index in [0.29, 0.717) is 13.1 Å². The van der Waals surface area contributed by atoms with Crippen LogP contribution >= 0.6 is 0 Å². The van der Waals surface area contributed by atoms with Crippen molar-refractivity contribution in [1.29, 1.82) is 0 Å². The smallest absolute Gasteiger partial charge is 0.256 e. The molecule has 2 N–H and O–H groups in total. The summed E-state index contributed by atoms with van der Waals surface area (Å²) in [7, 11) is 0. The van der Waals surface area contributed by atoms with Gasteiger partial charge in [-0.1, -0.05) is 0 Å². The van der Waals surface area contributed by atoms with Gasteiger partial charge in [-0.2, -0.15) is 0 Å². The van der Waals surface area contributed by atoms with Gasteiger partial charge in [0.25, 0.3) is 5.91 Å². The first-order chi connectivity index (χ1) is 7.68. The summed E-state index contributed by atoms with van der Waals surface area (Å²) in [6.45, 7) is 1.15. The summed E-state index contributed by atoms with van der Waals surface area (Å²) in [5, 5.41) is 0. The van der Waals surface area contributed by atoms with Crippen molar-refractivity contribution in [2.24, 2.45) is 5.73 Å². The predicted octanol–water partition coefficient (Wildman–Crippen LogP) is 0.784. The molecule has 1 saturated heterocycles. The van der Waals surface area contributed by atoms with E-state index in [0.717, 1.165) is 19.0 Å². The number of halogens is 1. The lowest BCUT2D eigenvalue weighted by molar-refractivity contribution is 0.0704. The fourth-order valence-corrected chi connectivity index (χ4v) is 1.91. The van der Waals surface area contributed by atoms with Gasteiger partial charge < -0.3 is 10.6 Å². The summed E-state index contributed by atoms with van der Waals surface area (Å²) in [4.78, 5) is 17.2. The average molecular weight is 223 g/mol. The number of carbonyl (C=O) groups is 1. The molecule has 0 saturated carbocycles.